The van der Waals surface area contributed by atoms with Crippen molar-refractivity contribution in [3.8, 4) is 0 Å². The van der Waals surface area contributed by atoms with Crippen LogP contribution in [-0.4, -0.2) is 20.6 Å². The maximum Gasteiger partial charge on any atom is 0.337 e. The maximum absolute atomic E-state index is 13.3. The highest BCUT2D eigenvalue weighted by molar-refractivity contribution is 7.17. The van der Waals surface area contributed by atoms with Crippen molar-refractivity contribution >= 4 is 50.7 Å². The number of hydrogen-bond acceptors (Lipinski definition) is 4. The van der Waals surface area contributed by atoms with E-state index >= 15 is 0 Å². The first-order valence-corrected chi connectivity index (χ1v) is 10.3. The summed E-state index contributed by atoms with van der Waals surface area (Å²) < 4.78 is 1.51. The summed E-state index contributed by atoms with van der Waals surface area (Å²) in [5.74, 6) is -0.592. The second-order valence-electron chi connectivity index (χ2n) is 6.46. The number of rotatable bonds is 5. The smallest absolute Gasteiger partial charge is 0.337 e. The Bertz CT molecular complexity index is 1280. The van der Waals surface area contributed by atoms with Gasteiger partial charge in [0.15, 0.2) is 0 Å². The Labute approximate surface area is 179 Å². The lowest BCUT2D eigenvalue weighted by Gasteiger charge is -2.13. The summed E-state index contributed by atoms with van der Waals surface area (Å²) in [5, 5.41) is 11.8. The standard InChI is InChI=1S/C21H14Cl2N2O3S/c22-15-7-6-13(8-16(15)23)10-25-17(9-12-4-2-1-3-5-12)24-19-18(20(25)26)14(11-29-19)21(27)28/h1-8,11H,9-10H2,(H,27,28). The van der Waals surface area contributed by atoms with E-state index in [-0.39, 0.29) is 23.1 Å². The molecule has 5 nitrogen and oxygen atoms in total. The third-order valence-corrected chi connectivity index (χ3v) is 6.14. The van der Waals surface area contributed by atoms with Crippen molar-refractivity contribution in [2.45, 2.75) is 13.0 Å². The second-order valence-corrected chi connectivity index (χ2v) is 8.14. The van der Waals surface area contributed by atoms with E-state index in [1.54, 1.807) is 18.2 Å². The third kappa shape index (κ3) is 3.92. The summed E-state index contributed by atoms with van der Waals surface area (Å²) in [7, 11) is 0. The Hall–Kier alpha value is -2.67. The monoisotopic (exact) mass is 444 g/mol. The summed E-state index contributed by atoms with van der Waals surface area (Å²) in [4.78, 5) is 29.9. The summed E-state index contributed by atoms with van der Waals surface area (Å²) in [6.07, 6.45) is 0.438. The van der Waals surface area contributed by atoms with Crippen LogP contribution in [0.15, 0.2) is 58.7 Å². The highest BCUT2D eigenvalue weighted by Crippen LogP contribution is 2.25. The fraction of sp³-hybridized carbons (Fsp3) is 0.0952. The Kier molecular flexibility index (Phi) is 5.41. The van der Waals surface area contributed by atoms with Crippen LogP contribution in [0.25, 0.3) is 10.2 Å². The number of halogens is 2. The zero-order chi connectivity index (χ0) is 20.5. The molecule has 2 aromatic carbocycles. The minimum absolute atomic E-state index is 0.0309. The Morgan fingerprint density at radius 1 is 1.07 bits per heavy atom. The molecule has 0 amide bonds. The van der Waals surface area contributed by atoms with Crippen molar-refractivity contribution in [3.63, 3.8) is 0 Å². The molecule has 146 valence electrons. The molecule has 0 unspecified atom stereocenters. The van der Waals surface area contributed by atoms with E-state index in [2.05, 4.69) is 4.98 Å². The zero-order valence-corrected chi connectivity index (χ0v) is 17.3. The van der Waals surface area contributed by atoms with Gasteiger partial charge in [-0.25, -0.2) is 9.78 Å². The number of benzene rings is 2. The van der Waals surface area contributed by atoms with Gasteiger partial charge < -0.3 is 5.11 Å². The van der Waals surface area contributed by atoms with Crippen molar-refractivity contribution in [1.82, 2.24) is 9.55 Å². The average molecular weight is 445 g/mol. The van der Waals surface area contributed by atoms with Crippen LogP contribution in [0.2, 0.25) is 10.0 Å². The van der Waals surface area contributed by atoms with Gasteiger partial charge in [0.25, 0.3) is 5.56 Å². The van der Waals surface area contributed by atoms with Crippen molar-refractivity contribution in [1.29, 1.82) is 0 Å². The number of thiophene rings is 1. The molecule has 0 saturated carbocycles. The van der Waals surface area contributed by atoms with Crippen LogP contribution >= 0.6 is 34.5 Å². The van der Waals surface area contributed by atoms with Crippen molar-refractivity contribution in [2.24, 2.45) is 0 Å². The first-order valence-electron chi connectivity index (χ1n) is 8.66. The summed E-state index contributed by atoms with van der Waals surface area (Å²) in [5.41, 5.74) is 1.35. The molecule has 2 heterocycles. The lowest BCUT2D eigenvalue weighted by Crippen LogP contribution is -2.26. The predicted octanol–water partition coefficient (Wildman–Crippen LogP) is 5.10. The van der Waals surface area contributed by atoms with E-state index < -0.39 is 5.97 Å². The molecular formula is C21H14Cl2N2O3S. The van der Waals surface area contributed by atoms with Crippen molar-refractivity contribution in [3.05, 3.63) is 96.8 Å². The number of carboxylic acid groups (broad SMARTS) is 1. The van der Waals surface area contributed by atoms with Crippen LogP contribution in [0.1, 0.15) is 27.3 Å². The minimum atomic E-state index is -1.15. The van der Waals surface area contributed by atoms with E-state index in [9.17, 15) is 14.7 Å². The van der Waals surface area contributed by atoms with Gasteiger partial charge >= 0.3 is 5.97 Å². The molecule has 4 rings (SSSR count). The number of aromatic carboxylic acids is 1. The topological polar surface area (TPSA) is 72.2 Å². The fourth-order valence-corrected chi connectivity index (χ4v) is 4.36. The van der Waals surface area contributed by atoms with Gasteiger partial charge in [0, 0.05) is 11.8 Å². The normalized spacial score (nSPS) is 11.1. The summed E-state index contributed by atoms with van der Waals surface area (Å²) in [6.45, 7) is 0.204. The first kappa shape index (κ1) is 19.6. The van der Waals surface area contributed by atoms with Gasteiger partial charge in [-0.2, -0.15) is 0 Å². The molecule has 0 bridgehead atoms. The number of nitrogens with zero attached hydrogens (tertiary/aromatic N) is 2. The molecule has 0 aliphatic rings. The molecular weight excluding hydrogens is 431 g/mol. The molecule has 0 radical (unpaired) electrons. The van der Waals surface area contributed by atoms with Crippen LogP contribution in [0, 0.1) is 0 Å². The number of hydrogen-bond donors (Lipinski definition) is 1. The summed E-state index contributed by atoms with van der Waals surface area (Å²) in [6, 6.07) is 14.8. The highest BCUT2D eigenvalue weighted by Gasteiger charge is 2.20. The van der Waals surface area contributed by atoms with Crippen LogP contribution < -0.4 is 5.56 Å². The molecule has 0 aliphatic heterocycles. The second kappa shape index (κ2) is 7.99. The van der Waals surface area contributed by atoms with Gasteiger partial charge in [0.1, 0.15) is 10.7 Å². The van der Waals surface area contributed by atoms with E-state index in [1.165, 1.54) is 9.95 Å². The van der Waals surface area contributed by atoms with Crippen molar-refractivity contribution in [2.75, 3.05) is 0 Å². The quantitative estimate of drug-likeness (QED) is 0.464. The molecule has 4 aromatic rings. The Morgan fingerprint density at radius 2 is 1.83 bits per heavy atom. The van der Waals surface area contributed by atoms with Gasteiger partial charge in [-0.3, -0.25) is 9.36 Å². The lowest BCUT2D eigenvalue weighted by molar-refractivity contribution is 0.0699. The number of fused-ring (bicyclic) bond motifs is 1. The van der Waals surface area contributed by atoms with Gasteiger partial charge in [0.2, 0.25) is 0 Å². The highest BCUT2D eigenvalue weighted by atomic mass is 35.5. The fourth-order valence-electron chi connectivity index (χ4n) is 3.12. The van der Waals surface area contributed by atoms with Crippen LogP contribution in [0.5, 0.6) is 0 Å². The van der Waals surface area contributed by atoms with E-state index in [0.717, 1.165) is 22.5 Å². The van der Waals surface area contributed by atoms with Crippen LogP contribution in [0.4, 0.5) is 0 Å². The number of carboxylic acids is 1. The van der Waals surface area contributed by atoms with Gasteiger partial charge in [-0.05, 0) is 23.3 Å². The maximum atomic E-state index is 13.3. The summed E-state index contributed by atoms with van der Waals surface area (Å²) >= 11 is 13.3. The van der Waals surface area contributed by atoms with Crippen LogP contribution in [0.3, 0.4) is 0 Å². The number of carbonyl (C=O) groups is 1. The van der Waals surface area contributed by atoms with Gasteiger partial charge in [-0.1, -0.05) is 59.6 Å². The zero-order valence-electron chi connectivity index (χ0n) is 14.9. The van der Waals surface area contributed by atoms with Gasteiger partial charge in [-0.15, -0.1) is 11.3 Å². The van der Waals surface area contributed by atoms with Crippen LogP contribution in [-0.2, 0) is 13.0 Å². The van der Waals surface area contributed by atoms with Gasteiger partial charge in [0.05, 0.1) is 27.5 Å². The molecule has 2 aromatic heterocycles. The van der Waals surface area contributed by atoms with Crippen molar-refractivity contribution < 1.29 is 9.90 Å². The average Bonchev–Trinajstić information content (AvgIpc) is 3.13. The first-order chi connectivity index (χ1) is 13.9. The molecule has 29 heavy (non-hydrogen) atoms. The predicted molar refractivity (Wildman–Crippen MR) is 116 cm³/mol. The third-order valence-electron chi connectivity index (χ3n) is 4.53. The lowest BCUT2D eigenvalue weighted by atomic mass is 10.1. The molecule has 0 atom stereocenters. The largest absolute Gasteiger partial charge is 0.478 e. The SMILES string of the molecule is O=C(O)c1csc2nc(Cc3ccccc3)n(Cc3ccc(Cl)c(Cl)c3)c(=O)c12. The molecule has 0 saturated heterocycles. The Balaban J connectivity index is 1.89. The molecule has 8 heteroatoms. The molecule has 1 N–H and O–H groups in total. The van der Waals surface area contributed by atoms with E-state index in [4.69, 9.17) is 23.2 Å². The molecule has 0 fully saturated rings. The number of aromatic nitrogens is 2. The molecule has 0 spiro atoms. The van der Waals surface area contributed by atoms with E-state index in [1.807, 2.05) is 30.3 Å². The minimum Gasteiger partial charge on any atom is -0.478 e. The van der Waals surface area contributed by atoms with E-state index in [0.29, 0.717) is 27.1 Å². The molecule has 0 aliphatic carbocycles. The Morgan fingerprint density at radius 3 is 2.52 bits per heavy atom.